The minimum atomic E-state index is -3.48. The molecule has 0 aliphatic rings. The van der Waals surface area contributed by atoms with E-state index < -0.39 is 9.84 Å². The Bertz CT molecular complexity index is 646. The van der Waals surface area contributed by atoms with Crippen LogP contribution in [-0.4, -0.2) is 34.9 Å². The molecule has 0 amide bonds. The molecular formula is C10H15N5O2S2. The summed E-state index contributed by atoms with van der Waals surface area (Å²) in [5, 5.41) is 15.1. The Balaban J connectivity index is 2.13. The Labute approximate surface area is 115 Å². The highest BCUT2D eigenvalue weighted by atomic mass is 32.2. The first kappa shape index (κ1) is 13.9. The lowest BCUT2D eigenvalue weighted by atomic mass is 10.5. The van der Waals surface area contributed by atoms with Crippen LogP contribution in [0.3, 0.4) is 0 Å². The second-order valence-electron chi connectivity index (χ2n) is 4.04. The van der Waals surface area contributed by atoms with Crippen molar-refractivity contribution in [1.29, 1.82) is 0 Å². The summed E-state index contributed by atoms with van der Waals surface area (Å²) in [5.74, 6) is -0.156. The van der Waals surface area contributed by atoms with E-state index in [0.29, 0.717) is 10.8 Å². The van der Waals surface area contributed by atoms with Gasteiger partial charge in [-0.2, -0.15) is 5.10 Å². The molecule has 0 aliphatic heterocycles. The molecule has 2 aromatic heterocycles. The molecule has 0 spiro atoms. The van der Waals surface area contributed by atoms with E-state index >= 15 is 0 Å². The third-order valence-electron chi connectivity index (χ3n) is 2.31. The largest absolute Gasteiger partial charge is 0.360 e. The molecule has 0 radical (unpaired) electrons. The van der Waals surface area contributed by atoms with Gasteiger partial charge in [-0.3, -0.25) is 4.68 Å². The van der Waals surface area contributed by atoms with E-state index in [4.69, 9.17) is 0 Å². The van der Waals surface area contributed by atoms with E-state index in [-0.39, 0.29) is 10.1 Å². The highest BCUT2D eigenvalue weighted by Gasteiger charge is 2.22. The van der Waals surface area contributed by atoms with E-state index in [1.165, 1.54) is 0 Å². The van der Waals surface area contributed by atoms with Crippen molar-refractivity contribution in [2.45, 2.75) is 23.4 Å². The molecule has 0 aromatic carbocycles. The van der Waals surface area contributed by atoms with Gasteiger partial charge in [0.1, 0.15) is 5.75 Å². The SMILES string of the molecule is CCCNc1nnc(S(=O)(=O)Cc2ccn(C)n2)s1. The second-order valence-corrected chi connectivity index (χ2v) is 7.18. The van der Waals surface area contributed by atoms with Gasteiger partial charge in [0.15, 0.2) is 0 Å². The van der Waals surface area contributed by atoms with Crippen LogP contribution in [0.5, 0.6) is 0 Å². The summed E-state index contributed by atoms with van der Waals surface area (Å²) >= 11 is 1.05. The number of aryl methyl sites for hydroxylation is 1. The predicted molar refractivity (Wildman–Crippen MR) is 72.8 cm³/mol. The quantitative estimate of drug-likeness (QED) is 0.858. The van der Waals surface area contributed by atoms with Crippen LogP contribution in [0, 0.1) is 0 Å². The van der Waals surface area contributed by atoms with Crippen LogP contribution in [0.25, 0.3) is 0 Å². The molecule has 2 heterocycles. The van der Waals surface area contributed by atoms with Gasteiger partial charge in [-0.1, -0.05) is 18.3 Å². The standard InChI is InChI=1S/C10H15N5O2S2/c1-3-5-11-9-12-13-10(18-9)19(16,17)7-8-4-6-15(2)14-8/h4,6H,3,5,7H2,1-2H3,(H,11,12). The van der Waals surface area contributed by atoms with Crippen molar-refractivity contribution in [3.63, 3.8) is 0 Å². The minimum absolute atomic E-state index is 0.0248. The smallest absolute Gasteiger partial charge is 0.234 e. The van der Waals surface area contributed by atoms with Gasteiger partial charge in [-0.25, -0.2) is 8.42 Å². The summed E-state index contributed by atoms with van der Waals surface area (Å²) in [6, 6.07) is 1.68. The summed E-state index contributed by atoms with van der Waals surface area (Å²) in [6.07, 6.45) is 2.65. The average Bonchev–Trinajstić information content (AvgIpc) is 2.95. The first-order chi connectivity index (χ1) is 9.01. The van der Waals surface area contributed by atoms with Gasteiger partial charge in [0.25, 0.3) is 0 Å². The van der Waals surface area contributed by atoms with E-state index in [2.05, 4.69) is 20.6 Å². The fourth-order valence-electron chi connectivity index (χ4n) is 1.44. The first-order valence-electron chi connectivity index (χ1n) is 5.80. The minimum Gasteiger partial charge on any atom is -0.360 e. The molecule has 0 saturated heterocycles. The van der Waals surface area contributed by atoms with E-state index in [1.807, 2.05) is 6.92 Å². The van der Waals surface area contributed by atoms with Gasteiger partial charge in [-0.15, -0.1) is 10.2 Å². The van der Waals surface area contributed by atoms with E-state index in [0.717, 1.165) is 24.3 Å². The predicted octanol–water partition coefficient (Wildman–Crippen LogP) is 1.07. The lowest BCUT2D eigenvalue weighted by Gasteiger charge is -1.97. The summed E-state index contributed by atoms with van der Waals surface area (Å²) < 4.78 is 25.9. The normalized spacial score (nSPS) is 11.7. The van der Waals surface area contributed by atoms with Crippen molar-refractivity contribution in [2.24, 2.45) is 7.05 Å². The van der Waals surface area contributed by atoms with Gasteiger partial charge in [-0.05, 0) is 12.5 Å². The number of nitrogens with zero attached hydrogens (tertiary/aromatic N) is 4. The molecule has 2 aromatic rings. The molecule has 19 heavy (non-hydrogen) atoms. The highest BCUT2D eigenvalue weighted by molar-refractivity contribution is 7.92. The Morgan fingerprint density at radius 3 is 2.84 bits per heavy atom. The maximum absolute atomic E-state index is 12.1. The zero-order valence-corrected chi connectivity index (χ0v) is 12.3. The topological polar surface area (TPSA) is 89.8 Å². The Hall–Kier alpha value is -1.48. The molecule has 0 atom stereocenters. The van der Waals surface area contributed by atoms with Crippen molar-refractivity contribution >= 4 is 26.3 Å². The fourth-order valence-corrected chi connectivity index (χ4v) is 3.69. The number of nitrogens with one attached hydrogen (secondary N) is 1. The number of hydrogen-bond donors (Lipinski definition) is 1. The van der Waals surface area contributed by atoms with E-state index in [9.17, 15) is 8.42 Å². The zero-order valence-electron chi connectivity index (χ0n) is 10.7. The monoisotopic (exact) mass is 301 g/mol. The van der Waals surface area contributed by atoms with Gasteiger partial charge in [0.05, 0.1) is 5.69 Å². The molecule has 1 N–H and O–H groups in total. The first-order valence-corrected chi connectivity index (χ1v) is 8.27. The van der Waals surface area contributed by atoms with Crippen molar-refractivity contribution in [3.05, 3.63) is 18.0 Å². The fraction of sp³-hybridized carbons (Fsp3) is 0.500. The summed E-state index contributed by atoms with van der Waals surface area (Å²) in [7, 11) is -1.73. The van der Waals surface area contributed by atoms with Crippen LogP contribution in [-0.2, 0) is 22.6 Å². The molecule has 7 nitrogen and oxygen atoms in total. The maximum Gasteiger partial charge on any atom is 0.234 e. The van der Waals surface area contributed by atoms with Crippen LogP contribution in [0.4, 0.5) is 5.13 Å². The van der Waals surface area contributed by atoms with Crippen molar-refractivity contribution in [2.75, 3.05) is 11.9 Å². The summed E-state index contributed by atoms with van der Waals surface area (Å²) in [6.45, 7) is 2.77. The Morgan fingerprint density at radius 2 is 2.21 bits per heavy atom. The number of hydrogen-bond acceptors (Lipinski definition) is 7. The lowest BCUT2D eigenvalue weighted by molar-refractivity contribution is 0.592. The van der Waals surface area contributed by atoms with Crippen LogP contribution in [0.1, 0.15) is 19.0 Å². The number of aromatic nitrogens is 4. The third-order valence-corrected chi connectivity index (χ3v) is 5.28. The molecule has 0 fully saturated rings. The Morgan fingerprint density at radius 1 is 1.42 bits per heavy atom. The van der Waals surface area contributed by atoms with E-state index in [1.54, 1.807) is 24.0 Å². The van der Waals surface area contributed by atoms with Crippen LogP contribution in [0.15, 0.2) is 16.6 Å². The number of rotatable bonds is 6. The van der Waals surface area contributed by atoms with Crippen LogP contribution >= 0.6 is 11.3 Å². The summed E-state index contributed by atoms with van der Waals surface area (Å²) in [4.78, 5) is 0. The number of anilines is 1. The number of sulfone groups is 1. The summed E-state index contributed by atoms with van der Waals surface area (Å²) in [5.41, 5.74) is 0.501. The van der Waals surface area contributed by atoms with Crippen molar-refractivity contribution < 1.29 is 8.42 Å². The van der Waals surface area contributed by atoms with Gasteiger partial charge in [0.2, 0.25) is 19.3 Å². The molecule has 0 bridgehead atoms. The third kappa shape index (κ3) is 3.51. The molecule has 2 rings (SSSR count). The molecule has 0 unspecified atom stereocenters. The Kier molecular flexibility index (Phi) is 4.15. The van der Waals surface area contributed by atoms with Gasteiger partial charge < -0.3 is 5.32 Å². The molecular weight excluding hydrogens is 286 g/mol. The molecule has 0 saturated carbocycles. The van der Waals surface area contributed by atoms with Gasteiger partial charge in [0, 0.05) is 19.8 Å². The molecule has 104 valence electrons. The van der Waals surface area contributed by atoms with Crippen molar-refractivity contribution in [1.82, 2.24) is 20.0 Å². The second kappa shape index (κ2) is 5.66. The average molecular weight is 301 g/mol. The highest BCUT2D eigenvalue weighted by Crippen LogP contribution is 2.22. The van der Waals surface area contributed by atoms with Crippen molar-refractivity contribution in [3.8, 4) is 0 Å². The lowest BCUT2D eigenvalue weighted by Crippen LogP contribution is -2.05. The van der Waals surface area contributed by atoms with Crippen LogP contribution < -0.4 is 5.32 Å². The zero-order chi connectivity index (χ0) is 13.9. The van der Waals surface area contributed by atoms with Gasteiger partial charge >= 0.3 is 0 Å². The molecule has 0 aliphatic carbocycles. The molecule has 9 heteroatoms. The van der Waals surface area contributed by atoms with Crippen LogP contribution in [0.2, 0.25) is 0 Å². The maximum atomic E-state index is 12.1.